The molecule has 0 aliphatic carbocycles. The van der Waals surface area contributed by atoms with Crippen molar-refractivity contribution < 1.29 is 19.8 Å². The van der Waals surface area contributed by atoms with Gasteiger partial charge in [0.05, 0.1) is 0 Å². The zero-order valence-corrected chi connectivity index (χ0v) is 10.3. The van der Waals surface area contributed by atoms with Gasteiger partial charge in [-0.3, -0.25) is 4.79 Å². The molecule has 0 heterocycles. The molecule has 2 atom stereocenters. The smallest absolute Gasteiger partial charge is 0.326 e. The minimum Gasteiger partial charge on any atom is -0.480 e. The molecular formula is C11H21NO4. The lowest BCUT2D eigenvalue weighted by molar-refractivity contribution is -0.145. The Morgan fingerprint density at radius 3 is 2.12 bits per heavy atom. The number of carbonyl (C=O) groups is 2. The van der Waals surface area contributed by atoms with Crippen LogP contribution in [0.1, 0.15) is 40.5 Å². The molecule has 0 aliphatic heterocycles. The molecular weight excluding hydrogens is 210 g/mol. The van der Waals surface area contributed by atoms with Crippen LogP contribution < -0.4 is 5.32 Å². The van der Waals surface area contributed by atoms with E-state index < -0.39 is 29.4 Å². The third-order valence-electron chi connectivity index (χ3n) is 2.26. The highest BCUT2D eigenvalue weighted by Gasteiger charge is 2.31. The van der Waals surface area contributed by atoms with E-state index in [1.54, 1.807) is 20.8 Å². The van der Waals surface area contributed by atoms with Gasteiger partial charge in [0.1, 0.15) is 12.1 Å². The normalized spacial score (nSPS) is 15.3. The Bertz CT molecular complexity index is 257. The highest BCUT2D eigenvalue weighted by Crippen LogP contribution is 2.19. The fraction of sp³-hybridized carbons (Fsp3) is 0.818. The van der Waals surface area contributed by atoms with Crippen LogP contribution in [0.3, 0.4) is 0 Å². The summed E-state index contributed by atoms with van der Waals surface area (Å²) in [6.07, 6.45) is -0.188. The topological polar surface area (TPSA) is 86.6 Å². The molecule has 1 unspecified atom stereocenters. The van der Waals surface area contributed by atoms with Gasteiger partial charge in [-0.05, 0) is 11.8 Å². The molecule has 0 bridgehead atoms. The zero-order chi connectivity index (χ0) is 12.9. The molecule has 0 fully saturated rings. The van der Waals surface area contributed by atoms with Crippen molar-refractivity contribution in [2.24, 2.45) is 5.41 Å². The Kier molecular flexibility index (Phi) is 5.44. The van der Waals surface area contributed by atoms with Crippen LogP contribution in [0.25, 0.3) is 0 Å². The van der Waals surface area contributed by atoms with E-state index in [9.17, 15) is 14.7 Å². The van der Waals surface area contributed by atoms with Gasteiger partial charge >= 0.3 is 5.97 Å². The molecule has 0 saturated heterocycles. The summed E-state index contributed by atoms with van der Waals surface area (Å²) in [7, 11) is 0. The first-order valence-electron chi connectivity index (χ1n) is 5.41. The first-order valence-corrected chi connectivity index (χ1v) is 5.41. The largest absolute Gasteiger partial charge is 0.480 e. The summed E-state index contributed by atoms with van der Waals surface area (Å²) in [5.41, 5.74) is -0.598. The van der Waals surface area contributed by atoms with Crippen molar-refractivity contribution in [1.82, 2.24) is 5.32 Å². The van der Waals surface area contributed by atoms with Crippen LogP contribution in [-0.2, 0) is 9.59 Å². The molecule has 0 aromatic rings. The van der Waals surface area contributed by atoms with Gasteiger partial charge in [-0.1, -0.05) is 34.1 Å². The molecule has 3 N–H and O–H groups in total. The van der Waals surface area contributed by atoms with Gasteiger partial charge in [-0.2, -0.15) is 0 Å². The SMILES string of the molecule is CCCC(NC(=O)[C@H](O)C(C)(C)C)C(=O)O. The van der Waals surface area contributed by atoms with E-state index in [1.807, 2.05) is 6.92 Å². The quantitative estimate of drug-likeness (QED) is 0.652. The van der Waals surface area contributed by atoms with Gasteiger partial charge in [0.2, 0.25) is 5.91 Å². The summed E-state index contributed by atoms with van der Waals surface area (Å²) >= 11 is 0. The average molecular weight is 231 g/mol. The van der Waals surface area contributed by atoms with E-state index in [-0.39, 0.29) is 0 Å². The number of amides is 1. The highest BCUT2D eigenvalue weighted by atomic mass is 16.4. The summed E-state index contributed by atoms with van der Waals surface area (Å²) in [5.74, 6) is -1.70. The lowest BCUT2D eigenvalue weighted by Gasteiger charge is -2.26. The molecule has 1 amide bonds. The molecule has 0 aliphatic rings. The van der Waals surface area contributed by atoms with E-state index in [1.165, 1.54) is 0 Å². The van der Waals surface area contributed by atoms with Crippen molar-refractivity contribution in [2.75, 3.05) is 0 Å². The van der Waals surface area contributed by atoms with E-state index in [0.29, 0.717) is 12.8 Å². The molecule has 16 heavy (non-hydrogen) atoms. The Hall–Kier alpha value is -1.10. The first kappa shape index (κ1) is 14.9. The molecule has 94 valence electrons. The first-order chi connectivity index (χ1) is 7.20. The third kappa shape index (κ3) is 4.61. The second kappa shape index (κ2) is 5.84. The van der Waals surface area contributed by atoms with Gasteiger partial charge in [-0.15, -0.1) is 0 Å². The average Bonchev–Trinajstić information content (AvgIpc) is 2.14. The molecule has 0 radical (unpaired) electrons. The Morgan fingerprint density at radius 2 is 1.81 bits per heavy atom. The summed E-state index contributed by atoms with van der Waals surface area (Å²) in [5, 5.41) is 20.8. The van der Waals surface area contributed by atoms with Crippen LogP contribution in [0.2, 0.25) is 0 Å². The van der Waals surface area contributed by atoms with Crippen molar-refractivity contribution >= 4 is 11.9 Å². The number of carboxylic acid groups (broad SMARTS) is 1. The fourth-order valence-corrected chi connectivity index (χ4v) is 1.19. The molecule has 0 aromatic carbocycles. The monoisotopic (exact) mass is 231 g/mol. The van der Waals surface area contributed by atoms with Crippen molar-refractivity contribution in [3.05, 3.63) is 0 Å². The van der Waals surface area contributed by atoms with Gasteiger partial charge < -0.3 is 15.5 Å². The number of carbonyl (C=O) groups excluding carboxylic acids is 1. The highest BCUT2D eigenvalue weighted by molar-refractivity contribution is 5.86. The van der Waals surface area contributed by atoms with Crippen LogP contribution in [0, 0.1) is 5.41 Å². The van der Waals surface area contributed by atoms with Crippen molar-refractivity contribution in [1.29, 1.82) is 0 Å². The van der Waals surface area contributed by atoms with Crippen molar-refractivity contribution in [2.45, 2.75) is 52.7 Å². The number of hydrogen-bond acceptors (Lipinski definition) is 3. The minimum absolute atomic E-state index is 0.359. The zero-order valence-electron chi connectivity index (χ0n) is 10.3. The van der Waals surface area contributed by atoms with Gasteiger partial charge in [0.15, 0.2) is 0 Å². The number of nitrogens with one attached hydrogen (secondary N) is 1. The number of rotatable bonds is 5. The second-order valence-corrected chi connectivity index (χ2v) is 4.96. The number of aliphatic hydroxyl groups is 1. The molecule has 0 rings (SSSR count). The predicted octanol–water partition coefficient (Wildman–Crippen LogP) is 0.763. The molecule has 0 spiro atoms. The lowest BCUT2D eigenvalue weighted by atomic mass is 9.88. The Labute approximate surface area is 95.9 Å². The molecule has 0 aromatic heterocycles. The van der Waals surface area contributed by atoms with Crippen LogP contribution >= 0.6 is 0 Å². The summed E-state index contributed by atoms with van der Waals surface area (Å²) in [4.78, 5) is 22.4. The van der Waals surface area contributed by atoms with Crippen LogP contribution in [0.4, 0.5) is 0 Å². The van der Waals surface area contributed by atoms with Crippen LogP contribution in [0.5, 0.6) is 0 Å². The standard InChI is InChI=1S/C11H21NO4/c1-5-6-7(10(15)16)12-9(14)8(13)11(2,3)4/h7-8,13H,5-6H2,1-4H3,(H,12,14)(H,15,16)/t7?,8-/m0/s1. The Morgan fingerprint density at radius 1 is 1.31 bits per heavy atom. The minimum atomic E-state index is -1.20. The third-order valence-corrected chi connectivity index (χ3v) is 2.26. The predicted molar refractivity (Wildman–Crippen MR) is 59.9 cm³/mol. The number of aliphatic hydroxyl groups excluding tert-OH is 1. The van der Waals surface area contributed by atoms with Gasteiger partial charge in [0.25, 0.3) is 0 Å². The van der Waals surface area contributed by atoms with E-state index in [2.05, 4.69) is 5.32 Å². The van der Waals surface area contributed by atoms with Gasteiger partial charge in [-0.25, -0.2) is 4.79 Å². The Balaban J connectivity index is 4.46. The summed E-state index contributed by atoms with van der Waals surface area (Å²) in [6.45, 7) is 6.98. The molecule has 5 nitrogen and oxygen atoms in total. The summed E-state index contributed by atoms with van der Waals surface area (Å²) in [6, 6.07) is -0.922. The van der Waals surface area contributed by atoms with E-state index >= 15 is 0 Å². The van der Waals surface area contributed by atoms with Crippen molar-refractivity contribution in [3.8, 4) is 0 Å². The maximum atomic E-state index is 11.6. The van der Waals surface area contributed by atoms with Gasteiger partial charge in [0, 0.05) is 0 Å². The molecule has 0 saturated carbocycles. The number of hydrogen-bond donors (Lipinski definition) is 3. The summed E-state index contributed by atoms with van der Waals surface area (Å²) < 4.78 is 0. The van der Waals surface area contributed by atoms with Crippen LogP contribution in [0.15, 0.2) is 0 Å². The number of carboxylic acids is 1. The van der Waals surface area contributed by atoms with Crippen LogP contribution in [-0.4, -0.2) is 34.2 Å². The molecule has 5 heteroatoms. The number of aliphatic carboxylic acids is 1. The van der Waals surface area contributed by atoms with E-state index in [4.69, 9.17) is 5.11 Å². The van der Waals surface area contributed by atoms with E-state index in [0.717, 1.165) is 0 Å². The lowest BCUT2D eigenvalue weighted by Crippen LogP contribution is -2.49. The van der Waals surface area contributed by atoms with Crippen molar-refractivity contribution in [3.63, 3.8) is 0 Å². The maximum absolute atomic E-state index is 11.6. The second-order valence-electron chi connectivity index (χ2n) is 4.96. The maximum Gasteiger partial charge on any atom is 0.326 e. The fourth-order valence-electron chi connectivity index (χ4n) is 1.19.